The van der Waals surface area contributed by atoms with Crippen molar-refractivity contribution in [3.8, 4) is 0 Å². The molecule has 28 heavy (non-hydrogen) atoms. The average Bonchev–Trinajstić information content (AvgIpc) is 3.06. The Labute approximate surface area is 175 Å². The normalized spacial score (nSPS) is 18.6. The number of nitro groups is 1. The van der Waals surface area contributed by atoms with Crippen LogP contribution in [0, 0.1) is 22.5 Å². The van der Waals surface area contributed by atoms with E-state index in [1.165, 1.54) is 17.8 Å². The predicted octanol–water partition coefficient (Wildman–Crippen LogP) is 4.29. The smallest absolute Gasteiger partial charge is 0.284 e. The van der Waals surface area contributed by atoms with Crippen molar-refractivity contribution in [1.82, 2.24) is 4.90 Å². The minimum atomic E-state index is -0.429. The lowest BCUT2D eigenvalue weighted by atomic mass is 9.90. The van der Waals surface area contributed by atoms with Crippen LogP contribution >= 0.6 is 24.2 Å². The highest BCUT2D eigenvalue weighted by Crippen LogP contribution is 2.36. The molecule has 0 aliphatic carbocycles. The number of hydrogen-bond donors (Lipinski definition) is 1. The molecule has 1 heterocycles. The summed E-state index contributed by atoms with van der Waals surface area (Å²) in [4.78, 5) is 27.1. The average molecular weight is 422 g/mol. The van der Waals surface area contributed by atoms with Crippen LogP contribution in [0.15, 0.2) is 52.3 Å². The van der Waals surface area contributed by atoms with E-state index < -0.39 is 4.92 Å². The van der Waals surface area contributed by atoms with E-state index in [1.54, 1.807) is 17.0 Å². The molecule has 0 bridgehead atoms. The minimum absolute atomic E-state index is 0. The van der Waals surface area contributed by atoms with Gasteiger partial charge in [-0.1, -0.05) is 36.4 Å². The zero-order valence-corrected chi connectivity index (χ0v) is 17.5. The van der Waals surface area contributed by atoms with Gasteiger partial charge in [0.25, 0.3) is 11.6 Å². The number of nitrogens with two attached hydrogens (primary N) is 1. The van der Waals surface area contributed by atoms with E-state index >= 15 is 0 Å². The van der Waals surface area contributed by atoms with E-state index in [2.05, 4.69) is 6.92 Å². The molecule has 1 aliphatic heterocycles. The summed E-state index contributed by atoms with van der Waals surface area (Å²) in [5.41, 5.74) is 7.15. The maximum atomic E-state index is 12.8. The van der Waals surface area contributed by atoms with E-state index in [-0.39, 0.29) is 29.4 Å². The summed E-state index contributed by atoms with van der Waals surface area (Å²) in [5.74, 6) is -0.179. The summed E-state index contributed by atoms with van der Waals surface area (Å²) in [5, 5.41) is 11.6. The van der Waals surface area contributed by atoms with Gasteiger partial charge in [-0.05, 0) is 49.6 Å². The van der Waals surface area contributed by atoms with Crippen molar-refractivity contribution >= 4 is 35.8 Å². The fourth-order valence-corrected chi connectivity index (χ4v) is 4.06. The topological polar surface area (TPSA) is 89.5 Å². The van der Waals surface area contributed by atoms with E-state index in [0.29, 0.717) is 30.1 Å². The van der Waals surface area contributed by atoms with Gasteiger partial charge in [-0.3, -0.25) is 14.9 Å². The molecule has 0 radical (unpaired) electrons. The third-order valence-electron chi connectivity index (χ3n) is 4.99. The SMILES string of the molecule is Cc1ccc(Sc2ccc(C(=O)N3CCC(C)(CN)C3)cc2[N+](=O)[O-])cc1.Cl. The van der Waals surface area contributed by atoms with E-state index in [9.17, 15) is 14.9 Å². The Morgan fingerprint density at radius 1 is 1.29 bits per heavy atom. The lowest BCUT2D eigenvalue weighted by Crippen LogP contribution is -2.34. The molecule has 2 N–H and O–H groups in total. The molecular weight excluding hydrogens is 398 g/mol. The Morgan fingerprint density at radius 3 is 2.54 bits per heavy atom. The fourth-order valence-electron chi connectivity index (χ4n) is 3.16. The van der Waals surface area contributed by atoms with Crippen molar-refractivity contribution in [1.29, 1.82) is 0 Å². The van der Waals surface area contributed by atoms with Gasteiger partial charge in [0.05, 0.1) is 9.82 Å². The number of aryl methyl sites for hydroxylation is 1. The summed E-state index contributed by atoms with van der Waals surface area (Å²) in [7, 11) is 0. The van der Waals surface area contributed by atoms with Gasteiger partial charge in [-0.15, -0.1) is 12.4 Å². The number of rotatable bonds is 5. The summed E-state index contributed by atoms with van der Waals surface area (Å²) >= 11 is 1.32. The molecule has 2 aromatic carbocycles. The largest absolute Gasteiger partial charge is 0.338 e. The molecule has 0 spiro atoms. The molecule has 1 saturated heterocycles. The highest BCUT2D eigenvalue weighted by Gasteiger charge is 2.35. The molecule has 0 aromatic heterocycles. The molecule has 1 amide bonds. The molecule has 1 aliphatic rings. The first-order valence-corrected chi connectivity index (χ1v) is 9.65. The lowest BCUT2D eigenvalue weighted by molar-refractivity contribution is -0.387. The molecule has 6 nitrogen and oxygen atoms in total. The van der Waals surface area contributed by atoms with Crippen LogP contribution in [0.1, 0.15) is 29.3 Å². The van der Waals surface area contributed by atoms with E-state index in [4.69, 9.17) is 5.73 Å². The highest BCUT2D eigenvalue weighted by molar-refractivity contribution is 7.99. The first kappa shape index (κ1) is 22.2. The second kappa shape index (κ2) is 8.94. The quantitative estimate of drug-likeness (QED) is 0.574. The Kier molecular flexibility index (Phi) is 7.09. The number of carbonyl (C=O) groups is 1. The molecule has 3 rings (SSSR count). The number of nitrogens with zero attached hydrogens (tertiary/aromatic N) is 2. The van der Waals surface area contributed by atoms with Gasteiger partial charge in [-0.25, -0.2) is 0 Å². The number of halogens is 1. The van der Waals surface area contributed by atoms with Crippen LogP contribution in [-0.4, -0.2) is 35.4 Å². The summed E-state index contributed by atoms with van der Waals surface area (Å²) in [6.07, 6.45) is 0.846. The van der Waals surface area contributed by atoms with Crippen molar-refractivity contribution < 1.29 is 9.72 Å². The number of nitro benzene ring substituents is 1. The molecule has 1 unspecified atom stereocenters. The molecule has 1 fully saturated rings. The van der Waals surface area contributed by atoms with Crippen LogP contribution in [0.25, 0.3) is 0 Å². The van der Waals surface area contributed by atoms with Gasteiger partial charge in [0.15, 0.2) is 0 Å². The number of hydrogen-bond acceptors (Lipinski definition) is 5. The van der Waals surface area contributed by atoms with Gasteiger partial charge in [0.1, 0.15) is 0 Å². The van der Waals surface area contributed by atoms with Crippen molar-refractivity contribution in [3.05, 3.63) is 63.7 Å². The van der Waals surface area contributed by atoms with Crippen molar-refractivity contribution in [2.45, 2.75) is 30.1 Å². The number of likely N-dealkylation sites (tertiary alicyclic amines) is 1. The Hall–Kier alpha value is -2.09. The first-order chi connectivity index (χ1) is 12.8. The van der Waals surface area contributed by atoms with Crippen molar-refractivity contribution in [3.63, 3.8) is 0 Å². The molecular formula is C20H24ClN3O3S. The second-order valence-electron chi connectivity index (χ2n) is 7.35. The first-order valence-electron chi connectivity index (χ1n) is 8.84. The van der Waals surface area contributed by atoms with Gasteiger partial charge in [0.2, 0.25) is 0 Å². The zero-order valence-electron chi connectivity index (χ0n) is 15.9. The second-order valence-corrected chi connectivity index (χ2v) is 8.46. The zero-order chi connectivity index (χ0) is 19.6. The predicted molar refractivity (Wildman–Crippen MR) is 113 cm³/mol. The third kappa shape index (κ3) is 4.84. The molecule has 8 heteroatoms. The third-order valence-corrected chi connectivity index (χ3v) is 6.06. The van der Waals surface area contributed by atoms with Crippen LogP contribution in [0.4, 0.5) is 5.69 Å². The number of benzene rings is 2. The molecule has 2 aromatic rings. The molecule has 1 atom stereocenters. The van der Waals surface area contributed by atoms with Crippen molar-refractivity contribution in [2.24, 2.45) is 11.1 Å². The van der Waals surface area contributed by atoms with E-state index in [1.807, 2.05) is 31.2 Å². The lowest BCUT2D eigenvalue weighted by Gasteiger charge is -2.22. The molecule has 150 valence electrons. The Balaban J connectivity index is 0.00000280. The van der Waals surface area contributed by atoms with Gasteiger partial charge in [-0.2, -0.15) is 0 Å². The fraction of sp³-hybridized carbons (Fsp3) is 0.350. The van der Waals surface area contributed by atoms with Crippen LogP contribution < -0.4 is 5.73 Å². The summed E-state index contributed by atoms with van der Waals surface area (Å²) in [6, 6.07) is 12.5. The number of amides is 1. The monoisotopic (exact) mass is 421 g/mol. The van der Waals surface area contributed by atoms with Gasteiger partial charge < -0.3 is 10.6 Å². The van der Waals surface area contributed by atoms with Crippen LogP contribution in [-0.2, 0) is 0 Å². The van der Waals surface area contributed by atoms with Crippen LogP contribution in [0.5, 0.6) is 0 Å². The maximum Gasteiger partial charge on any atom is 0.284 e. The highest BCUT2D eigenvalue weighted by atomic mass is 35.5. The summed E-state index contributed by atoms with van der Waals surface area (Å²) < 4.78 is 0. The van der Waals surface area contributed by atoms with Gasteiger partial charge in [0, 0.05) is 29.6 Å². The Morgan fingerprint density at radius 2 is 1.96 bits per heavy atom. The van der Waals surface area contributed by atoms with Crippen LogP contribution in [0.3, 0.4) is 0 Å². The van der Waals surface area contributed by atoms with Crippen LogP contribution in [0.2, 0.25) is 0 Å². The molecule has 0 saturated carbocycles. The van der Waals surface area contributed by atoms with Crippen molar-refractivity contribution in [2.75, 3.05) is 19.6 Å². The standard InChI is InChI=1S/C20H23N3O3S.ClH/c1-14-3-6-16(7-4-14)27-18-8-5-15(11-17(18)23(25)26)19(24)22-10-9-20(2,12-21)13-22;/h3-8,11H,9-10,12-13,21H2,1-2H3;1H. The van der Waals surface area contributed by atoms with Gasteiger partial charge >= 0.3 is 0 Å². The van der Waals surface area contributed by atoms with E-state index in [0.717, 1.165) is 16.9 Å². The summed E-state index contributed by atoms with van der Waals surface area (Å²) in [6.45, 7) is 5.77. The minimum Gasteiger partial charge on any atom is -0.338 e. The number of carbonyl (C=O) groups excluding carboxylic acids is 1. The maximum absolute atomic E-state index is 12.8. The Bertz CT molecular complexity index is 875.